The highest BCUT2D eigenvalue weighted by Gasteiger charge is 2.57. The van der Waals surface area contributed by atoms with Gasteiger partial charge in [0.2, 0.25) is 0 Å². The molecule has 0 unspecified atom stereocenters. The van der Waals surface area contributed by atoms with E-state index in [-0.39, 0.29) is 12.2 Å². The third-order valence-corrected chi connectivity index (χ3v) is 5.38. The molecule has 0 aromatic heterocycles. The van der Waals surface area contributed by atoms with Gasteiger partial charge in [0.05, 0.1) is 18.8 Å². The zero-order valence-corrected chi connectivity index (χ0v) is 10.4. The molecule has 0 aliphatic heterocycles. The Morgan fingerprint density at radius 2 is 1.88 bits per heavy atom. The average molecular weight is 224 g/mol. The highest BCUT2D eigenvalue weighted by molar-refractivity contribution is 5.08. The first-order valence-corrected chi connectivity index (χ1v) is 6.94. The van der Waals surface area contributed by atoms with Gasteiger partial charge in [-0.3, -0.25) is 0 Å². The fraction of sp³-hybridized carbons (Fsp3) is 1.00. The molecule has 4 aliphatic carbocycles. The molecule has 0 radical (unpaired) electrons. The van der Waals surface area contributed by atoms with E-state index in [1.54, 1.807) is 0 Å². The van der Waals surface area contributed by atoms with Crippen molar-refractivity contribution in [1.82, 2.24) is 0 Å². The fourth-order valence-electron chi connectivity index (χ4n) is 5.21. The zero-order chi connectivity index (χ0) is 11.2. The fourth-order valence-corrected chi connectivity index (χ4v) is 5.21. The van der Waals surface area contributed by atoms with Crippen molar-refractivity contribution in [1.29, 1.82) is 0 Å². The van der Waals surface area contributed by atoms with Crippen LogP contribution in [0.15, 0.2) is 0 Å². The summed E-state index contributed by atoms with van der Waals surface area (Å²) in [5.41, 5.74) is 0.752. The average Bonchev–Trinajstić information content (AvgIpc) is 2.25. The lowest BCUT2D eigenvalue weighted by Crippen LogP contribution is -2.56. The number of rotatable bonds is 4. The van der Waals surface area contributed by atoms with Crippen molar-refractivity contribution in [3.8, 4) is 0 Å². The first-order valence-electron chi connectivity index (χ1n) is 6.94. The van der Waals surface area contributed by atoms with Gasteiger partial charge >= 0.3 is 0 Å². The van der Waals surface area contributed by atoms with Crippen LogP contribution < -0.4 is 0 Å². The van der Waals surface area contributed by atoms with Crippen molar-refractivity contribution in [3.63, 3.8) is 0 Å². The second kappa shape index (κ2) is 3.71. The van der Waals surface area contributed by atoms with E-state index in [1.165, 1.54) is 44.9 Å². The Labute approximate surface area is 98.4 Å². The summed E-state index contributed by atoms with van der Waals surface area (Å²) in [6.45, 7) is 3.07. The van der Waals surface area contributed by atoms with Crippen LogP contribution in [0, 0.1) is 17.3 Å². The number of hydrogen-bond acceptors (Lipinski definition) is 2. The Kier molecular flexibility index (Phi) is 2.56. The maximum atomic E-state index is 8.96. The van der Waals surface area contributed by atoms with E-state index in [0.29, 0.717) is 12.0 Å². The Bertz CT molecular complexity index is 260. The van der Waals surface area contributed by atoms with Crippen molar-refractivity contribution < 1.29 is 9.84 Å². The highest BCUT2D eigenvalue weighted by atomic mass is 16.5. The van der Waals surface area contributed by atoms with E-state index in [4.69, 9.17) is 9.84 Å². The molecule has 4 fully saturated rings. The molecule has 1 N–H and O–H groups in total. The predicted molar refractivity (Wildman–Crippen MR) is 63.2 cm³/mol. The van der Waals surface area contributed by atoms with Gasteiger partial charge in [0, 0.05) is 0 Å². The lowest BCUT2D eigenvalue weighted by molar-refractivity contribution is -0.196. The van der Waals surface area contributed by atoms with Crippen LogP contribution in [0.25, 0.3) is 0 Å². The van der Waals surface area contributed by atoms with Gasteiger partial charge in [0.1, 0.15) is 0 Å². The lowest BCUT2D eigenvalue weighted by Gasteiger charge is -2.61. The SMILES string of the molecule is CCC12C[C@H]3C[C@H](C1)CC(OCCO)(C3)C2. The Balaban J connectivity index is 1.81. The minimum atomic E-state index is 0.156. The Hall–Kier alpha value is -0.0800. The van der Waals surface area contributed by atoms with Crippen molar-refractivity contribution in [3.05, 3.63) is 0 Å². The maximum absolute atomic E-state index is 8.96. The molecule has 16 heavy (non-hydrogen) atoms. The Morgan fingerprint density at radius 3 is 2.44 bits per heavy atom. The summed E-state index contributed by atoms with van der Waals surface area (Å²) in [6.07, 6.45) is 9.48. The summed E-state index contributed by atoms with van der Waals surface area (Å²) in [7, 11) is 0. The van der Waals surface area contributed by atoms with Crippen LogP contribution in [-0.2, 0) is 4.74 Å². The van der Waals surface area contributed by atoms with E-state index in [1.807, 2.05) is 0 Å². The van der Waals surface area contributed by atoms with Gasteiger partial charge in [-0.25, -0.2) is 0 Å². The van der Waals surface area contributed by atoms with Crippen LogP contribution in [0.4, 0.5) is 0 Å². The molecule has 0 saturated heterocycles. The normalized spacial score (nSPS) is 49.9. The zero-order valence-electron chi connectivity index (χ0n) is 10.4. The van der Waals surface area contributed by atoms with Crippen molar-refractivity contribution in [2.75, 3.05) is 13.2 Å². The van der Waals surface area contributed by atoms with Crippen LogP contribution in [0.2, 0.25) is 0 Å². The van der Waals surface area contributed by atoms with Gasteiger partial charge in [-0.15, -0.1) is 0 Å². The Morgan fingerprint density at radius 1 is 1.19 bits per heavy atom. The second-order valence-corrected chi connectivity index (χ2v) is 6.57. The maximum Gasteiger partial charge on any atom is 0.0705 e. The standard InChI is InChI=1S/C14H24O2/c1-2-13-6-11-5-12(7-13)9-14(8-11,10-13)16-4-3-15/h11-12,15H,2-10H2,1H3/t11-,12-,13?,14?/m1/s1. The van der Waals surface area contributed by atoms with Crippen LogP contribution >= 0.6 is 0 Å². The minimum Gasteiger partial charge on any atom is -0.394 e. The molecule has 0 aromatic rings. The molecule has 0 spiro atoms. The summed E-state index contributed by atoms with van der Waals surface area (Å²) >= 11 is 0. The number of ether oxygens (including phenoxy) is 1. The number of aliphatic hydroxyl groups is 1. The molecular formula is C14H24O2. The number of hydrogen-bond donors (Lipinski definition) is 1. The summed E-state index contributed by atoms with van der Waals surface area (Å²) in [5.74, 6) is 1.83. The van der Waals surface area contributed by atoms with Crippen LogP contribution in [0.5, 0.6) is 0 Å². The topological polar surface area (TPSA) is 29.5 Å². The van der Waals surface area contributed by atoms with Crippen molar-refractivity contribution in [2.45, 2.75) is 57.5 Å². The van der Waals surface area contributed by atoms with E-state index in [2.05, 4.69) is 6.92 Å². The van der Waals surface area contributed by atoms with Crippen LogP contribution in [0.1, 0.15) is 51.9 Å². The first kappa shape index (κ1) is 11.0. The monoisotopic (exact) mass is 224 g/mol. The molecule has 0 amide bonds. The summed E-state index contributed by atoms with van der Waals surface area (Å²) < 4.78 is 6.07. The van der Waals surface area contributed by atoms with Gasteiger partial charge in [-0.2, -0.15) is 0 Å². The third kappa shape index (κ3) is 1.62. The van der Waals surface area contributed by atoms with Crippen molar-refractivity contribution >= 4 is 0 Å². The molecule has 4 aliphatic rings. The molecular weight excluding hydrogens is 200 g/mol. The molecule has 2 atom stereocenters. The van der Waals surface area contributed by atoms with Gasteiger partial charge in [0.15, 0.2) is 0 Å². The van der Waals surface area contributed by atoms with Crippen LogP contribution in [0.3, 0.4) is 0 Å². The third-order valence-electron chi connectivity index (χ3n) is 5.38. The summed E-state index contributed by atoms with van der Waals surface area (Å²) in [6, 6.07) is 0. The second-order valence-electron chi connectivity index (χ2n) is 6.57. The predicted octanol–water partition coefficient (Wildman–Crippen LogP) is 2.74. The molecule has 4 bridgehead atoms. The van der Waals surface area contributed by atoms with Crippen LogP contribution in [-0.4, -0.2) is 23.9 Å². The smallest absolute Gasteiger partial charge is 0.0705 e. The van der Waals surface area contributed by atoms with Gasteiger partial charge in [-0.1, -0.05) is 13.3 Å². The van der Waals surface area contributed by atoms with Crippen molar-refractivity contribution in [2.24, 2.45) is 17.3 Å². The number of aliphatic hydroxyl groups excluding tert-OH is 1. The summed E-state index contributed by atoms with van der Waals surface area (Å²) in [4.78, 5) is 0. The molecule has 0 heterocycles. The molecule has 92 valence electrons. The quantitative estimate of drug-likeness (QED) is 0.795. The first-order chi connectivity index (χ1) is 7.69. The highest BCUT2D eigenvalue weighted by Crippen LogP contribution is 2.63. The summed E-state index contributed by atoms with van der Waals surface area (Å²) in [5, 5.41) is 8.96. The van der Waals surface area contributed by atoms with E-state index in [0.717, 1.165) is 11.8 Å². The van der Waals surface area contributed by atoms with Gasteiger partial charge < -0.3 is 9.84 Å². The largest absolute Gasteiger partial charge is 0.394 e. The molecule has 4 rings (SSSR count). The molecule has 2 heteroatoms. The minimum absolute atomic E-state index is 0.156. The lowest BCUT2D eigenvalue weighted by atomic mass is 9.47. The molecule has 2 nitrogen and oxygen atoms in total. The molecule has 4 saturated carbocycles. The van der Waals surface area contributed by atoms with Gasteiger partial charge in [0.25, 0.3) is 0 Å². The van der Waals surface area contributed by atoms with Gasteiger partial charge in [-0.05, 0) is 55.8 Å². The van der Waals surface area contributed by atoms with E-state index in [9.17, 15) is 0 Å². The molecule has 0 aromatic carbocycles. The van der Waals surface area contributed by atoms with E-state index < -0.39 is 0 Å². The van der Waals surface area contributed by atoms with E-state index >= 15 is 0 Å².